The number of nitrogens with zero attached hydrogens (tertiary/aromatic N) is 1. The van der Waals surface area contributed by atoms with Crippen molar-refractivity contribution in [1.29, 1.82) is 0 Å². The lowest BCUT2D eigenvalue weighted by Crippen LogP contribution is -2.26. The standard InChI is InChI=1S/C14H14BrNO4S/c1-7-3-11(15)10(14(19)20)5-12(7)16-6-9(4-13(16)18)21-8(2)17/h3,5,9H,4,6H2,1-2H3,(H,19,20). The molecule has 1 aromatic carbocycles. The number of thioether (sulfide) groups is 1. The zero-order valence-electron chi connectivity index (χ0n) is 11.6. The molecule has 2 rings (SSSR count). The maximum Gasteiger partial charge on any atom is 0.336 e. The predicted molar refractivity (Wildman–Crippen MR) is 84.9 cm³/mol. The molecule has 1 atom stereocenters. The van der Waals surface area contributed by atoms with Gasteiger partial charge in [0.05, 0.1) is 5.56 Å². The second-order valence-electron chi connectivity index (χ2n) is 4.86. The van der Waals surface area contributed by atoms with Crippen LogP contribution in [0.5, 0.6) is 0 Å². The van der Waals surface area contributed by atoms with Crippen LogP contribution in [-0.2, 0) is 9.59 Å². The zero-order valence-corrected chi connectivity index (χ0v) is 14.0. The number of aryl methyl sites for hydroxylation is 1. The third kappa shape index (κ3) is 3.47. The molecule has 1 amide bonds. The summed E-state index contributed by atoms with van der Waals surface area (Å²) in [5.41, 5.74) is 1.52. The molecule has 1 unspecified atom stereocenters. The lowest BCUT2D eigenvalue weighted by molar-refractivity contribution is -0.117. The van der Waals surface area contributed by atoms with Gasteiger partial charge in [0, 0.05) is 35.3 Å². The summed E-state index contributed by atoms with van der Waals surface area (Å²) >= 11 is 4.37. The monoisotopic (exact) mass is 371 g/mol. The van der Waals surface area contributed by atoms with Crippen LogP contribution in [0.25, 0.3) is 0 Å². The molecule has 112 valence electrons. The number of amides is 1. The normalized spacial score (nSPS) is 18.1. The van der Waals surface area contributed by atoms with Crippen LogP contribution in [0, 0.1) is 6.92 Å². The number of carboxylic acids is 1. The Morgan fingerprint density at radius 2 is 2.10 bits per heavy atom. The summed E-state index contributed by atoms with van der Waals surface area (Å²) in [7, 11) is 0. The number of carbonyl (C=O) groups excluding carboxylic acids is 2. The number of anilines is 1. The molecule has 0 aliphatic carbocycles. The highest BCUT2D eigenvalue weighted by Gasteiger charge is 2.33. The molecular weight excluding hydrogens is 358 g/mol. The van der Waals surface area contributed by atoms with Crippen LogP contribution in [0.4, 0.5) is 5.69 Å². The van der Waals surface area contributed by atoms with Gasteiger partial charge in [0.2, 0.25) is 5.91 Å². The highest BCUT2D eigenvalue weighted by atomic mass is 79.9. The van der Waals surface area contributed by atoms with E-state index in [1.54, 1.807) is 11.0 Å². The van der Waals surface area contributed by atoms with Crippen LogP contribution in [-0.4, -0.2) is 33.9 Å². The second kappa shape index (κ2) is 6.19. The Bertz CT molecular complexity index is 632. The van der Waals surface area contributed by atoms with Gasteiger partial charge in [-0.05, 0) is 40.5 Å². The Morgan fingerprint density at radius 1 is 1.43 bits per heavy atom. The summed E-state index contributed by atoms with van der Waals surface area (Å²) in [6.07, 6.45) is 0.294. The van der Waals surface area contributed by atoms with Gasteiger partial charge in [-0.25, -0.2) is 4.79 Å². The van der Waals surface area contributed by atoms with E-state index in [-0.39, 0.29) is 21.8 Å². The fraction of sp³-hybridized carbons (Fsp3) is 0.357. The number of carbonyl (C=O) groups is 3. The Balaban J connectivity index is 2.34. The first kappa shape index (κ1) is 16.0. The van der Waals surface area contributed by atoms with Gasteiger partial charge in [0.25, 0.3) is 0 Å². The van der Waals surface area contributed by atoms with E-state index in [2.05, 4.69) is 15.9 Å². The van der Waals surface area contributed by atoms with Crippen LogP contribution >= 0.6 is 27.7 Å². The second-order valence-corrected chi connectivity index (χ2v) is 7.20. The quantitative estimate of drug-likeness (QED) is 0.883. The van der Waals surface area contributed by atoms with E-state index in [9.17, 15) is 19.5 Å². The molecule has 1 saturated heterocycles. The Morgan fingerprint density at radius 3 is 2.67 bits per heavy atom. The number of rotatable bonds is 3. The number of hydrogen-bond acceptors (Lipinski definition) is 4. The van der Waals surface area contributed by atoms with E-state index in [0.717, 1.165) is 17.3 Å². The summed E-state index contributed by atoms with van der Waals surface area (Å²) in [5.74, 6) is -1.14. The summed E-state index contributed by atoms with van der Waals surface area (Å²) < 4.78 is 0.484. The van der Waals surface area contributed by atoms with Crippen molar-refractivity contribution in [2.45, 2.75) is 25.5 Å². The number of benzene rings is 1. The lowest BCUT2D eigenvalue weighted by atomic mass is 10.1. The SMILES string of the molecule is CC(=O)SC1CC(=O)N(c2cc(C(=O)O)c(Br)cc2C)C1. The fourth-order valence-electron chi connectivity index (χ4n) is 2.34. The van der Waals surface area contributed by atoms with E-state index in [4.69, 9.17) is 0 Å². The van der Waals surface area contributed by atoms with Crippen molar-refractivity contribution in [3.05, 3.63) is 27.7 Å². The molecular formula is C14H14BrNO4S. The van der Waals surface area contributed by atoms with Crippen LogP contribution in [0.2, 0.25) is 0 Å². The molecule has 0 bridgehead atoms. The molecule has 0 radical (unpaired) electrons. The maximum atomic E-state index is 12.1. The average molecular weight is 372 g/mol. The minimum atomic E-state index is -1.05. The topological polar surface area (TPSA) is 74.7 Å². The summed E-state index contributed by atoms with van der Waals surface area (Å²) in [5, 5.41) is 9.08. The summed E-state index contributed by atoms with van der Waals surface area (Å²) in [4.78, 5) is 36.1. The molecule has 0 spiro atoms. The fourth-order valence-corrected chi connectivity index (χ4v) is 3.88. The van der Waals surface area contributed by atoms with E-state index < -0.39 is 5.97 Å². The van der Waals surface area contributed by atoms with Gasteiger partial charge < -0.3 is 10.0 Å². The van der Waals surface area contributed by atoms with E-state index in [0.29, 0.717) is 23.1 Å². The van der Waals surface area contributed by atoms with Gasteiger partial charge in [-0.3, -0.25) is 9.59 Å². The minimum Gasteiger partial charge on any atom is -0.478 e. The highest BCUT2D eigenvalue weighted by molar-refractivity contribution is 9.10. The number of carboxylic acid groups (broad SMARTS) is 1. The molecule has 0 aromatic heterocycles. The first-order valence-corrected chi connectivity index (χ1v) is 7.98. The van der Waals surface area contributed by atoms with Gasteiger partial charge in [0.15, 0.2) is 5.12 Å². The van der Waals surface area contributed by atoms with Gasteiger partial charge >= 0.3 is 5.97 Å². The van der Waals surface area contributed by atoms with E-state index >= 15 is 0 Å². The third-order valence-electron chi connectivity index (χ3n) is 3.23. The van der Waals surface area contributed by atoms with Gasteiger partial charge in [-0.1, -0.05) is 11.8 Å². The smallest absolute Gasteiger partial charge is 0.336 e. The number of aromatic carboxylic acids is 1. The largest absolute Gasteiger partial charge is 0.478 e. The van der Waals surface area contributed by atoms with Gasteiger partial charge in [-0.15, -0.1) is 0 Å². The van der Waals surface area contributed by atoms with Crippen molar-refractivity contribution in [2.75, 3.05) is 11.4 Å². The molecule has 7 heteroatoms. The molecule has 1 fully saturated rings. The Kier molecular flexibility index (Phi) is 4.73. The zero-order chi connectivity index (χ0) is 15.7. The lowest BCUT2D eigenvalue weighted by Gasteiger charge is -2.20. The number of halogens is 1. The van der Waals surface area contributed by atoms with Gasteiger partial charge in [-0.2, -0.15) is 0 Å². The van der Waals surface area contributed by atoms with Crippen LogP contribution in [0.15, 0.2) is 16.6 Å². The van der Waals surface area contributed by atoms with Crippen molar-refractivity contribution in [3.63, 3.8) is 0 Å². The van der Waals surface area contributed by atoms with Crippen LogP contribution < -0.4 is 4.90 Å². The van der Waals surface area contributed by atoms with Crippen molar-refractivity contribution in [1.82, 2.24) is 0 Å². The van der Waals surface area contributed by atoms with Crippen LogP contribution in [0.3, 0.4) is 0 Å². The van der Waals surface area contributed by atoms with E-state index in [1.807, 2.05) is 6.92 Å². The predicted octanol–water partition coefficient (Wildman–Crippen LogP) is 2.84. The molecule has 21 heavy (non-hydrogen) atoms. The van der Waals surface area contributed by atoms with Gasteiger partial charge in [0.1, 0.15) is 0 Å². The molecule has 1 aromatic rings. The Hall–Kier alpha value is -1.34. The van der Waals surface area contributed by atoms with E-state index in [1.165, 1.54) is 13.0 Å². The van der Waals surface area contributed by atoms with Crippen molar-refractivity contribution in [3.8, 4) is 0 Å². The van der Waals surface area contributed by atoms with Crippen molar-refractivity contribution >= 4 is 50.4 Å². The molecule has 5 nitrogen and oxygen atoms in total. The average Bonchev–Trinajstić information content (AvgIpc) is 2.68. The molecule has 1 aliphatic heterocycles. The highest BCUT2D eigenvalue weighted by Crippen LogP contribution is 2.33. The molecule has 1 N–H and O–H groups in total. The number of hydrogen-bond donors (Lipinski definition) is 1. The third-order valence-corrected chi connectivity index (χ3v) is 4.87. The Labute approximate surface area is 134 Å². The first-order chi connectivity index (χ1) is 9.79. The molecule has 1 aliphatic rings. The maximum absolute atomic E-state index is 12.1. The minimum absolute atomic E-state index is 0.0200. The van der Waals surface area contributed by atoms with Crippen LogP contribution in [0.1, 0.15) is 29.3 Å². The van der Waals surface area contributed by atoms with Crippen molar-refractivity contribution in [2.24, 2.45) is 0 Å². The summed E-state index contributed by atoms with van der Waals surface area (Å²) in [6.45, 7) is 3.72. The first-order valence-electron chi connectivity index (χ1n) is 6.30. The summed E-state index contributed by atoms with van der Waals surface area (Å²) in [6, 6.07) is 3.19. The van der Waals surface area contributed by atoms with Crippen molar-refractivity contribution < 1.29 is 19.5 Å². The molecule has 0 saturated carbocycles. The molecule has 1 heterocycles.